The maximum atomic E-state index is 13.6. The zero-order valence-electron chi connectivity index (χ0n) is 21.8. The van der Waals surface area contributed by atoms with E-state index in [0.717, 1.165) is 30.4 Å². The van der Waals surface area contributed by atoms with Gasteiger partial charge in [-0.15, -0.1) is 0 Å². The maximum absolute atomic E-state index is 13.6. The number of ether oxygens (including phenoxy) is 1. The van der Waals surface area contributed by atoms with E-state index in [0.29, 0.717) is 32.2 Å². The molecule has 4 atom stereocenters. The van der Waals surface area contributed by atoms with Gasteiger partial charge in [-0.3, -0.25) is 14.4 Å². The molecule has 38 heavy (non-hydrogen) atoms. The molecule has 0 spiro atoms. The Labute approximate surface area is 223 Å². The molecule has 0 radical (unpaired) electrons. The highest BCUT2D eigenvalue weighted by molar-refractivity contribution is 5.92. The molecule has 1 aliphatic heterocycles. The largest absolute Gasteiger partial charge is 0.480 e. The summed E-state index contributed by atoms with van der Waals surface area (Å²) >= 11 is 0. The number of carbonyl (C=O) groups is 4. The summed E-state index contributed by atoms with van der Waals surface area (Å²) in [6.07, 6.45) is 4.01. The number of hydrogen-bond donors (Lipinski definition) is 2. The Bertz CT molecular complexity index is 1080. The lowest BCUT2D eigenvalue weighted by Crippen LogP contribution is -2.52. The number of carbonyl (C=O) groups excluding carboxylic acids is 3. The van der Waals surface area contributed by atoms with Crippen LogP contribution in [0.3, 0.4) is 0 Å². The van der Waals surface area contributed by atoms with Gasteiger partial charge < -0.3 is 20.1 Å². The molecule has 1 aliphatic carbocycles. The van der Waals surface area contributed by atoms with Gasteiger partial charge in [-0.05, 0) is 43.7 Å². The summed E-state index contributed by atoms with van der Waals surface area (Å²) < 4.78 is 6.11. The average Bonchev–Trinajstić information content (AvgIpc) is 3.30. The van der Waals surface area contributed by atoms with Gasteiger partial charge in [0.1, 0.15) is 12.1 Å². The molecule has 0 bridgehead atoms. The summed E-state index contributed by atoms with van der Waals surface area (Å²) in [5.41, 5.74) is 1.69. The van der Waals surface area contributed by atoms with Crippen molar-refractivity contribution in [3.63, 3.8) is 0 Å². The smallest absolute Gasteiger partial charge is 0.326 e. The van der Waals surface area contributed by atoms with Gasteiger partial charge >= 0.3 is 11.9 Å². The molecule has 2 N–H and O–H groups in total. The van der Waals surface area contributed by atoms with Crippen molar-refractivity contribution in [2.75, 3.05) is 6.54 Å². The number of aliphatic carboxylic acids is 1. The fourth-order valence-corrected chi connectivity index (χ4v) is 5.61. The van der Waals surface area contributed by atoms with Crippen molar-refractivity contribution in [3.8, 4) is 0 Å². The van der Waals surface area contributed by atoms with E-state index in [2.05, 4.69) is 5.32 Å². The lowest BCUT2D eigenvalue weighted by Gasteiger charge is -2.29. The minimum atomic E-state index is -1.03. The van der Waals surface area contributed by atoms with Crippen molar-refractivity contribution in [1.82, 2.24) is 10.2 Å². The standard InChI is InChI=1S/C30H36N2O6/c1-20(28(34)32-19-11-18-25(32)29(35)36)31-27(33)23-16-9-4-10-17-24(23)30(37)38-26(21-12-5-2-6-13-21)22-14-7-3-8-15-22/h2-3,5-8,12-15,20,23-26H,4,9-11,16-19H2,1H3,(H,31,33)(H,35,36)/t20-,23?,24?,25-/m0/s1. The van der Waals surface area contributed by atoms with Crippen LogP contribution in [0, 0.1) is 11.8 Å². The van der Waals surface area contributed by atoms with Gasteiger partial charge in [0, 0.05) is 6.54 Å². The Morgan fingerprint density at radius 3 is 2.00 bits per heavy atom. The van der Waals surface area contributed by atoms with Gasteiger partial charge in [0.15, 0.2) is 6.10 Å². The van der Waals surface area contributed by atoms with Crippen LogP contribution in [0.1, 0.15) is 69.1 Å². The van der Waals surface area contributed by atoms with E-state index in [1.54, 1.807) is 6.92 Å². The predicted molar refractivity (Wildman–Crippen MR) is 141 cm³/mol. The molecule has 202 valence electrons. The van der Waals surface area contributed by atoms with Crippen LogP contribution in [0.4, 0.5) is 0 Å². The fourth-order valence-electron chi connectivity index (χ4n) is 5.61. The van der Waals surface area contributed by atoms with Crippen LogP contribution < -0.4 is 5.32 Å². The first-order valence-electron chi connectivity index (χ1n) is 13.5. The Kier molecular flexibility index (Phi) is 9.15. The summed E-state index contributed by atoms with van der Waals surface area (Å²) in [5.74, 6) is -3.49. The molecular formula is C30H36N2O6. The number of carboxylic acids is 1. The number of benzene rings is 2. The van der Waals surface area contributed by atoms with E-state index < -0.39 is 47.9 Å². The van der Waals surface area contributed by atoms with Crippen LogP contribution in [0.5, 0.6) is 0 Å². The number of likely N-dealkylation sites (tertiary alicyclic amines) is 1. The SMILES string of the molecule is C[C@H](NC(=O)C1CCCCCC1C(=O)OC(c1ccccc1)c1ccccc1)C(=O)N1CCC[C@H]1C(=O)O. The molecule has 2 unspecified atom stereocenters. The van der Waals surface area contributed by atoms with E-state index in [-0.39, 0.29) is 5.91 Å². The molecule has 1 saturated carbocycles. The van der Waals surface area contributed by atoms with Gasteiger partial charge in [0.05, 0.1) is 11.8 Å². The first-order chi connectivity index (χ1) is 18.4. The van der Waals surface area contributed by atoms with Crippen molar-refractivity contribution < 1.29 is 29.0 Å². The second kappa shape index (κ2) is 12.7. The molecule has 1 saturated heterocycles. The highest BCUT2D eigenvalue weighted by atomic mass is 16.5. The molecule has 2 fully saturated rings. The molecule has 2 aromatic rings. The Hall–Kier alpha value is -3.68. The molecule has 2 aromatic carbocycles. The molecule has 0 aromatic heterocycles. The van der Waals surface area contributed by atoms with Crippen LogP contribution in [-0.2, 0) is 23.9 Å². The third-order valence-electron chi connectivity index (χ3n) is 7.64. The van der Waals surface area contributed by atoms with Crippen molar-refractivity contribution in [1.29, 1.82) is 0 Å². The number of nitrogens with one attached hydrogen (secondary N) is 1. The lowest BCUT2D eigenvalue weighted by molar-refractivity contribution is -0.157. The summed E-state index contributed by atoms with van der Waals surface area (Å²) in [6.45, 7) is 1.93. The third kappa shape index (κ3) is 6.41. The monoisotopic (exact) mass is 520 g/mol. The van der Waals surface area contributed by atoms with E-state index in [9.17, 15) is 24.3 Å². The van der Waals surface area contributed by atoms with Gasteiger partial charge in [0.2, 0.25) is 11.8 Å². The van der Waals surface area contributed by atoms with Crippen molar-refractivity contribution >= 4 is 23.8 Å². The third-order valence-corrected chi connectivity index (χ3v) is 7.64. The predicted octanol–water partition coefficient (Wildman–Crippen LogP) is 4.10. The normalized spacial score (nSPS) is 22.4. The van der Waals surface area contributed by atoms with Crippen molar-refractivity contribution in [3.05, 3.63) is 71.8 Å². The maximum Gasteiger partial charge on any atom is 0.326 e. The molecule has 4 rings (SSSR count). The van der Waals surface area contributed by atoms with Gasteiger partial charge in [-0.1, -0.05) is 79.9 Å². The number of rotatable bonds is 8. The zero-order chi connectivity index (χ0) is 27.1. The molecular weight excluding hydrogens is 484 g/mol. The number of nitrogens with zero attached hydrogens (tertiary/aromatic N) is 1. The van der Waals surface area contributed by atoms with Crippen molar-refractivity contribution in [2.24, 2.45) is 11.8 Å². The Balaban J connectivity index is 1.49. The minimum Gasteiger partial charge on any atom is -0.480 e. The minimum absolute atomic E-state index is 0.356. The lowest BCUT2D eigenvalue weighted by atomic mass is 9.86. The second-order valence-corrected chi connectivity index (χ2v) is 10.2. The number of hydrogen-bond acceptors (Lipinski definition) is 5. The topological polar surface area (TPSA) is 113 Å². The molecule has 1 heterocycles. The number of esters is 1. The summed E-state index contributed by atoms with van der Waals surface area (Å²) in [5, 5.41) is 12.2. The highest BCUT2D eigenvalue weighted by Gasteiger charge is 2.40. The first-order valence-corrected chi connectivity index (χ1v) is 13.5. The van der Waals surface area contributed by atoms with E-state index in [1.807, 2.05) is 60.7 Å². The van der Waals surface area contributed by atoms with Gasteiger partial charge in [0.25, 0.3) is 0 Å². The average molecular weight is 521 g/mol. The van der Waals surface area contributed by atoms with Crippen LogP contribution in [0.15, 0.2) is 60.7 Å². The quantitative estimate of drug-likeness (QED) is 0.400. The summed E-state index contributed by atoms with van der Waals surface area (Å²) in [6, 6.07) is 17.3. The van der Waals surface area contributed by atoms with Gasteiger partial charge in [-0.25, -0.2) is 4.79 Å². The molecule has 8 heteroatoms. The second-order valence-electron chi connectivity index (χ2n) is 10.2. The Morgan fingerprint density at radius 1 is 0.842 bits per heavy atom. The first kappa shape index (κ1) is 27.4. The van der Waals surface area contributed by atoms with Crippen LogP contribution >= 0.6 is 0 Å². The molecule has 8 nitrogen and oxygen atoms in total. The van der Waals surface area contributed by atoms with Crippen LogP contribution in [0.2, 0.25) is 0 Å². The fraction of sp³-hybridized carbons (Fsp3) is 0.467. The summed E-state index contributed by atoms with van der Waals surface area (Å²) in [7, 11) is 0. The number of amides is 2. The Morgan fingerprint density at radius 2 is 1.42 bits per heavy atom. The van der Waals surface area contributed by atoms with E-state index >= 15 is 0 Å². The van der Waals surface area contributed by atoms with E-state index in [1.165, 1.54) is 4.90 Å². The zero-order valence-corrected chi connectivity index (χ0v) is 21.8. The molecule has 2 aliphatic rings. The number of carboxylic acid groups (broad SMARTS) is 1. The van der Waals surface area contributed by atoms with E-state index in [4.69, 9.17) is 4.74 Å². The van der Waals surface area contributed by atoms with Crippen LogP contribution in [-0.4, -0.2) is 52.4 Å². The summed E-state index contributed by atoms with van der Waals surface area (Å²) in [4.78, 5) is 52.9. The molecule has 2 amide bonds. The van der Waals surface area contributed by atoms with Crippen LogP contribution in [0.25, 0.3) is 0 Å². The highest BCUT2D eigenvalue weighted by Crippen LogP contribution is 2.34. The van der Waals surface area contributed by atoms with Gasteiger partial charge in [-0.2, -0.15) is 0 Å². The van der Waals surface area contributed by atoms with Crippen molar-refractivity contribution in [2.45, 2.75) is 70.1 Å².